The van der Waals surface area contributed by atoms with Crippen molar-refractivity contribution in [3.63, 3.8) is 0 Å². The van der Waals surface area contributed by atoms with E-state index in [1.165, 1.54) is 0 Å². The molecule has 1 aliphatic heterocycles. The molecule has 0 saturated heterocycles. The summed E-state index contributed by atoms with van der Waals surface area (Å²) in [6, 6.07) is 21.2. The van der Waals surface area contributed by atoms with Gasteiger partial charge in [0.2, 0.25) is 0 Å². The first kappa shape index (κ1) is 19.5. The molecule has 0 fully saturated rings. The maximum Gasteiger partial charge on any atom is 0.120 e. The lowest BCUT2D eigenvalue weighted by Crippen LogP contribution is -2.39. The van der Waals surface area contributed by atoms with Crippen LogP contribution in [0.3, 0.4) is 0 Å². The third-order valence-electron chi connectivity index (χ3n) is 4.66. The number of phenols is 1. The molecule has 4 rings (SSSR count). The van der Waals surface area contributed by atoms with Crippen LogP contribution in [0.1, 0.15) is 28.9 Å². The lowest BCUT2D eigenvalue weighted by atomic mass is 9.98. The van der Waals surface area contributed by atoms with Crippen LogP contribution in [-0.2, 0) is 0 Å². The van der Waals surface area contributed by atoms with Crippen LogP contribution in [0.4, 0.5) is 0 Å². The van der Waals surface area contributed by atoms with Crippen molar-refractivity contribution in [3.05, 3.63) is 103 Å². The van der Waals surface area contributed by atoms with Crippen molar-refractivity contribution in [3.8, 4) is 5.75 Å². The van der Waals surface area contributed by atoms with Gasteiger partial charge in [0.05, 0.1) is 6.04 Å². The van der Waals surface area contributed by atoms with Crippen LogP contribution in [0.25, 0.3) is 5.70 Å². The molecular formula is C22H17Br2ClN2O. The smallest absolute Gasteiger partial charge is 0.120 e. The zero-order valence-electron chi connectivity index (χ0n) is 14.7. The third kappa shape index (κ3) is 4.28. The van der Waals surface area contributed by atoms with E-state index in [1.807, 2.05) is 48.5 Å². The highest BCUT2D eigenvalue weighted by molar-refractivity contribution is 9.10. The number of hydrogen-bond acceptors (Lipinski definition) is 3. The van der Waals surface area contributed by atoms with Crippen LogP contribution in [0.15, 0.2) is 81.8 Å². The van der Waals surface area contributed by atoms with Gasteiger partial charge in [0.1, 0.15) is 11.9 Å². The van der Waals surface area contributed by atoms with E-state index in [1.54, 1.807) is 6.07 Å². The molecule has 0 radical (unpaired) electrons. The lowest BCUT2D eigenvalue weighted by Gasteiger charge is -2.33. The predicted molar refractivity (Wildman–Crippen MR) is 121 cm³/mol. The Morgan fingerprint density at radius 3 is 2.25 bits per heavy atom. The summed E-state index contributed by atoms with van der Waals surface area (Å²) in [5, 5.41) is 18.3. The van der Waals surface area contributed by atoms with Gasteiger partial charge in [-0.25, -0.2) is 0 Å². The van der Waals surface area contributed by atoms with Gasteiger partial charge in [0.25, 0.3) is 0 Å². The highest BCUT2D eigenvalue weighted by Crippen LogP contribution is 2.35. The monoisotopic (exact) mass is 518 g/mol. The van der Waals surface area contributed by atoms with Crippen molar-refractivity contribution in [2.75, 3.05) is 0 Å². The van der Waals surface area contributed by atoms with Crippen molar-refractivity contribution in [1.29, 1.82) is 0 Å². The summed E-state index contributed by atoms with van der Waals surface area (Å²) in [4.78, 5) is 0. The second-order valence-corrected chi connectivity index (χ2v) is 8.83. The van der Waals surface area contributed by atoms with E-state index in [4.69, 9.17) is 11.6 Å². The Morgan fingerprint density at radius 1 is 0.857 bits per heavy atom. The molecule has 0 bridgehead atoms. The lowest BCUT2D eigenvalue weighted by molar-refractivity contribution is 0.419. The Morgan fingerprint density at radius 2 is 1.54 bits per heavy atom. The Kier molecular flexibility index (Phi) is 5.78. The molecule has 0 saturated carbocycles. The normalized spacial score (nSPS) is 19.0. The van der Waals surface area contributed by atoms with Gasteiger partial charge in [0.15, 0.2) is 0 Å². The van der Waals surface area contributed by atoms with Crippen LogP contribution in [0, 0.1) is 0 Å². The second kappa shape index (κ2) is 8.29. The average Bonchev–Trinajstić information content (AvgIpc) is 2.70. The number of benzene rings is 3. The molecule has 3 N–H and O–H groups in total. The average molecular weight is 521 g/mol. The standard InChI is InChI=1S/C22H17Br2ClN2O/c23-15-5-1-13(2-6-15)19-12-20(18-11-16(24)7-10-21(18)28)27-22(26-19)14-3-8-17(25)9-4-14/h1-12,20,22,26-28H. The number of hydrogen-bond donors (Lipinski definition) is 3. The molecule has 0 aromatic heterocycles. The van der Waals surface area contributed by atoms with E-state index in [2.05, 4.69) is 60.7 Å². The molecule has 0 aliphatic carbocycles. The summed E-state index contributed by atoms with van der Waals surface area (Å²) in [5.74, 6) is 0.254. The van der Waals surface area contributed by atoms with Crippen molar-refractivity contribution in [2.24, 2.45) is 0 Å². The number of rotatable bonds is 3. The Bertz CT molecular complexity index is 1020. The van der Waals surface area contributed by atoms with E-state index >= 15 is 0 Å². The molecule has 0 amide bonds. The van der Waals surface area contributed by atoms with E-state index < -0.39 is 0 Å². The van der Waals surface area contributed by atoms with Gasteiger partial charge < -0.3 is 10.4 Å². The van der Waals surface area contributed by atoms with Crippen molar-refractivity contribution >= 4 is 49.2 Å². The SMILES string of the molecule is Oc1ccc(Br)cc1C1C=C(c2ccc(Br)cc2)NC(c2ccc(Cl)cc2)N1. The molecule has 2 atom stereocenters. The number of halogens is 3. The fraction of sp³-hybridized carbons (Fsp3) is 0.0909. The van der Waals surface area contributed by atoms with Crippen molar-refractivity contribution < 1.29 is 5.11 Å². The van der Waals surface area contributed by atoms with Crippen LogP contribution >= 0.6 is 43.5 Å². The number of aromatic hydroxyl groups is 1. The maximum absolute atomic E-state index is 10.4. The van der Waals surface area contributed by atoms with E-state index in [0.717, 1.165) is 31.3 Å². The minimum Gasteiger partial charge on any atom is -0.508 e. The fourth-order valence-corrected chi connectivity index (χ4v) is 4.01. The predicted octanol–water partition coefficient (Wildman–Crippen LogP) is 6.54. The summed E-state index contributed by atoms with van der Waals surface area (Å²) in [7, 11) is 0. The molecule has 3 aromatic rings. The highest BCUT2D eigenvalue weighted by atomic mass is 79.9. The van der Waals surface area contributed by atoms with E-state index in [-0.39, 0.29) is 18.0 Å². The van der Waals surface area contributed by atoms with Gasteiger partial charge in [0, 0.05) is 25.2 Å². The number of phenolic OH excluding ortho intramolecular Hbond substituents is 1. The third-order valence-corrected chi connectivity index (χ3v) is 5.94. The quantitative estimate of drug-likeness (QED) is 0.367. The van der Waals surface area contributed by atoms with Crippen molar-refractivity contribution in [1.82, 2.24) is 10.6 Å². The van der Waals surface area contributed by atoms with Gasteiger partial charge in [-0.2, -0.15) is 0 Å². The highest BCUT2D eigenvalue weighted by Gasteiger charge is 2.25. The van der Waals surface area contributed by atoms with Gasteiger partial charge in [-0.3, -0.25) is 5.32 Å². The molecule has 0 spiro atoms. The van der Waals surface area contributed by atoms with Crippen LogP contribution in [0.2, 0.25) is 5.02 Å². The first-order valence-corrected chi connectivity index (χ1v) is 10.7. The summed E-state index contributed by atoms with van der Waals surface area (Å²) < 4.78 is 1.95. The Hall–Kier alpha value is -1.79. The number of nitrogens with one attached hydrogen (secondary N) is 2. The molecule has 3 nitrogen and oxygen atoms in total. The molecule has 6 heteroatoms. The van der Waals surface area contributed by atoms with Crippen LogP contribution in [0.5, 0.6) is 5.75 Å². The van der Waals surface area contributed by atoms with Gasteiger partial charge >= 0.3 is 0 Å². The molecule has 1 aliphatic rings. The van der Waals surface area contributed by atoms with E-state index in [0.29, 0.717) is 5.02 Å². The Labute approximate surface area is 185 Å². The Balaban J connectivity index is 1.76. The molecule has 28 heavy (non-hydrogen) atoms. The molecule has 2 unspecified atom stereocenters. The summed E-state index contributed by atoms with van der Waals surface area (Å²) in [5.41, 5.74) is 3.94. The minimum absolute atomic E-state index is 0.135. The minimum atomic E-state index is -0.168. The largest absolute Gasteiger partial charge is 0.508 e. The topological polar surface area (TPSA) is 44.3 Å². The van der Waals surface area contributed by atoms with Gasteiger partial charge in [-0.05, 0) is 59.7 Å². The molecule has 3 aromatic carbocycles. The summed E-state index contributed by atoms with van der Waals surface area (Å²) in [6.45, 7) is 0. The van der Waals surface area contributed by atoms with Crippen molar-refractivity contribution in [2.45, 2.75) is 12.2 Å². The van der Waals surface area contributed by atoms with E-state index in [9.17, 15) is 5.11 Å². The van der Waals surface area contributed by atoms with Crippen LogP contribution < -0.4 is 10.6 Å². The molecular weight excluding hydrogens is 504 g/mol. The van der Waals surface area contributed by atoms with Gasteiger partial charge in [-0.1, -0.05) is 67.7 Å². The fourth-order valence-electron chi connectivity index (χ4n) is 3.24. The first-order chi connectivity index (χ1) is 13.5. The molecule has 142 valence electrons. The molecule has 1 heterocycles. The zero-order chi connectivity index (χ0) is 19.7. The maximum atomic E-state index is 10.4. The van der Waals surface area contributed by atoms with Crippen LogP contribution in [-0.4, -0.2) is 5.11 Å². The first-order valence-electron chi connectivity index (χ1n) is 8.74. The van der Waals surface area contributed by atoms with Gasteiger partial charge in [-0.15, -0.1) is 0 Å². The second-order valence-electron chi connectivity index (χ2n) is 6.56. The summed E-state index contributed by atoms with van der Waals surface area (Å²) in [6.07, 6.45) is 1.96. The summed E-state index contributed by atoms with van der Waals surface area (Å²) >= 11 is 13.0. The zero-order valence-corrected chi connectivity index (χ0v) is 18.6.